The van der Waals surface area contributed by atoms with Gasteiger partial charge in [-0.15, -0.1) is 0 Å². The highest BCUT2D eigenvalue weighted by Crippen LogP contribution is 2.37. The van der Waals surface area contributed by atoms with Gasteiger partial charge in [-0.2, -0.15) is 0 Å². The number of ether oxygens (including phenoxy) is 1. The van der Waals surface area contributed by atoms with Crippen molar-refractivity contribution in [3.8, 4) is 11.5 Å². The molecule has 1 fully saturated rings. The molecule has 0 unspecified atom stereocenters. The second-order valence-electron chi connectivity index (χ2n) is 5.98. The molecule has 104 valence electrons. The van der Waals surface area contributed by atoms with Crippen LogP contribution in [0.1, 0.15) is 33.3 Å². The first kappa shape index (κ1) is 14.2. The Balaban J connectivity index is 2.37. The third-order valence-electron chi connectivity index (χ3n) is 4.03. The zero-order valence-electron chi connectivity index (χ0n) is 12.4. The Morgan fingerprint density at radius 2 is 1.63 bits per heavy atom. The van der Waals surface area contributed by atoms with Crippen molar-refractivity contribution in [2.24, 2.45) is 0 Å². The largest absolute Gasteiger partial charge is 0.504 e. The first-order valence-electron chi connectivity index (χ1n) is 6.41. The zero-order chi connectivity index (χ0) is 14.4. The van der Waals surface area contributed by atoms with Gasteiger partial charge in [-0.25, -0.2) is 0 Å². The highest BCUT2D eigenvalue weighted by atomic mass is 16.7. The summed E-state index contributed by atoms with van der Waals surface area (Å²) in [5, 5.41) is 9.86. The number of rotatable bonds is 2. The monoisotopic (exact) mass is 264 g/mol. The van der Waals surface area contributed by atoms with E-state index in [9.17, 15) is 5.11 Å². The SMILES string of the molecule is COc1cc(B2OC(C)(C)C(C)(C)O2)cc(C)c1O. The van der Waals surface area contributed by atoms with Crippen LogP contribution in [0.25, 0.3) is 0 Å². The summed E-state index contributed by atoms with van der Waals surface area (Å²) in [5.74, 6) is 0.590. The molecule has 0 spiro atoms. The molecular weight excluding hydrogens is 243 g/mol. The molecule has 0 radical (unpaired) electrons. The van der Waals surface area contributed by atoms with E-state index in [0.717, 1.165) is 11.0 Å². The molecule has 5 heteroatoms. The Labute approximate surface area is 114 Å². The molecule has 1 aromatic rings. The summed E-state index contributed by atoms with van der Waals surface area (Å²) in [6, 6.07) is 3.62. The van der Waals surface area contributed by atoms with Gasteiger partial charge >= 0.3 is 7.12 Å². The van der Waals surface area contributed by atoms with E-state index >= 15 is 0 Å². The number of phenols is 1. The van der Waals surface area contributed by atoms with Crippen molar-refractivity contribution in [2.45, 2.75) is 45.8 Å². The third kappa shape index (κ3) is 2.32. The molecule has 1 aromatic carbocycles. The zero-order valence-corrected chi connectivity index (χ0v) is 12.4. The topological polar surface area (TPSA) is 47.9 Å². The Hall–Kier alpha value is -1.20. The van der Waals surface area contributed by atoms with Crippen LogP contribution in [0, 0.1) is 6.92 Å². The first-order valence-corrected chi connectivity index (χ1v) is 6.41. The van der Waals surface area contributed by atoms with Crippen LogP contribution in [0.2, 0.25) is 0 Å². The summed E-state index contributed by atoms with van der Waals surface area (Å²) in [6.45, 7) is 9.87. The molecule has 0 bridgehead atoms. The first-order chi connectivity index (χ1) is 8.68. The number of benzene rings is 1. The quantitative estimate of drug-likeness (QED) is 0.830. The van der Waals surface area contributed by atoms with Crippen molar-refractivity contribution in [3.63, 3.8) is 0 Å². The minimum absolute atomic E-state index is 0.155. The van der Waals surface area contributed by atoms with Gasteiger partial charge in [0.2, 0.25) is 0 Å². The van der Waals surface area contributed by atoms with Crippen molar-refractivity contribution < 1.29 is 19.2 Å². The van der Waals surface area contributed by atoms with E-state index in [1.165, 1.54) is 7.11 Å². The van der Waals surface area contributed by atoms with E-state index in [0.29, 0.717) is 5.75 Å². The van der Waals surface area contributed by atoms with E-state index in [1.54, 1.807) is 6.07 Å². The highest BCUT2D eigenvalue weighted by Gasteiger charge is 2.51. The lowest BCUT2D eigenvalue weighted by molar-refractivity contribution is 0.00578. The van der Waals surface area contributed by atoms with Crippen molar-refractivity contribution in [2.75, 3.05) is 7.11 Å². The summed E-state index contributed by atoms with van der Waals surface area (Å²) in [4.78, 5) is 0. The number of methoxy groups -OCH3 is 1. The predicted octanol–water partition coefficient (Wildman–Crippen LogP) is 2.01. The van der Waals surface area contributed by atoms with Gasteiger partial charge in [-0.1, -0.05) is 6.07 Å². The van der Waals surface area contributed by atoms with Gasteiger partial charge in [0.1, 0.15) is 0 Å². The average molecular weight is 264 g/mol. The molecule has 2 rings (SSSR count). The standard InChI is InChI=1S/C14H21BO4/c1-9-7-10(8-11(17-6)12(9)16)15-18-13(2,3)14(4,5)19-15/h7-8,16H,1-6H3. The number of aryl methyl sites for hydroxylation is 1. The minimum Gasteiger partial charge on any atom is -0.504 e. The molecule has 1 aliphatic rings. The summed E-state index contributed by atoms with van der Waals surface area (Å²) < 4.78 is 17.1. The van der Waals surface area contributed by atoms with Crippen molar-refractivity contribution >= 4 is 12.6 Å². The fraction of sp³-hybridized carbons (Fsp3) is 0.571. The molecule has 0 saturated carbocycles. The molecule has 0 amide bonds. The van der Waals surface area contributed by atoms with Crippen LogP contribution in [-0.4, -0.2) is 30.5 Å². The van der Waals surface area contributed by atoms with Crippen LogP contribution in [0.15, 0.2) is 12.1 Å². The lowest BCUT2D eigenvalue weighted by Crippen LogP contribution is -2.41. The van der Waals surface area contributed by atoms with Crippen LogP contribution in [0.5, 0.6) is 11.5 Å². The maximum Gasteiger partial charge on any atom is 0.494 e. The Morgan fingerprint density at radius 1 is 1.11 bits per heavy atom. The Kier molecular flexibility index (Phi) is 3.31. The lowest BCUT2D eigenvalue weighted by atomic mass is 9.78. The highest BCUT2D eigenvalue weighted by molar-refractivity contribution is 6.62. The molecular formula is C14H21BO4. The van der Waals surface area contributed by atoms with Crippen LogP contribution in [-0.2, 0) is 9.31 Å². The molecule has 0 aromatic heterocycles. The van der Waals surface area contributed by atoms with Gasteiger partial charge in [-0.05, 0) is 51.7 Å². The molecule has 1 aliphatic heterocycles. The summed E-state index contributed by atoms with van der Waals surface area (Å²) in [5.41, 5.74) is 0.836. The number of hydrogen-bond acceptors (Lipinski definition) is 4. The Bertz CT molecular complexity index is 480. The minimum atomic E-state index is -0.446. The van der Waals surface area contributed by atoms with E-state index < -0.39 is 7.12 Å². The lowest BCUT2D eigenvalue weighted by Gasteiger charge is -2.32. The molecule has 1 heterocycles. The smallest absolute Gasteiger partial charge is 0.494 e. The van der Waals surface area contributed by atoms with Crippen LogP contribution in [0.4, 0.5) is 0 Å². The van der Waals surface area contributed by atoms with Gasteiger partial charge in [0.25, 0.3) is 0 Å². The van der Waals surface area contributed by atoms with Gasteiger partial charge in [0, 0.05) is 0 Å². The third-order valence-corrected chi connectivity index (χ3v) is 4.03. The second kappa shape index (κ2) is 4.42. The van der Waals surface area contributed by atoms with Crippen molar-refractivity contribution in [1.29, 1.82) is 0 Å². The summed E-state index contributed by atoms with van der Waals surface area (Å²) >= 11 is 0. The van der Waals surface area contributed by atoms with Crippen molar-refractivity contribution in [1.82, 2.24) is 0 Å². The second-order valence-corrected chi connectivity index (χ2v) is 5.98. The maximum atomic E-state index is 9.86. The fourth-order valence-electron chi connectivity index (χ4n) is 2.04. The van der Waals surface area contributed by atoms with Gasteiger partial charge < -0.3 is 19.2 Å². The predicted molar refractivity (Wildman–Crippen MR) is 75.1 cm³/mol. The maximum absolute atomic E-state index is 9.86. The van der Waals surface area contributed by atoms with Crippen molar-refractivity contribution in [3.05, 3.63) is 17.7 Å². The van der Waals surface area contributed by atoms with Crippen LogP contribution in [0.3, 0.4) is 0 Å². The fourth-order valence-corrected chi connectivity index (χ4v) is 2.04. The number of aromatic hydroxyl groups is 1. The van der Waals surface area contributed by atoms with Crippen LogP contribution >= 0.6 is 0 Å². The molecule has 19 heavy (non-hydrogen) atoms. The summed E-state index contributed by atoms with van der Waals surface area (Å²) in [6.07, 6.45) is 0. The van der Waals surface area contributed by atoms with E-state index in [1.807, 2.05) is 40.7 Å². The molecule has 0 aliphatic carbocycles. The van der Waals surface area contributed by atoms with E-state index in [-0.39, 0.29) is 17.0 Å². The number of phenolic OH excluding ortho intramolecular Hbond substituents is 1. The van der Waals surface area contributed by atoms with Crippen LogP contribution < -0.4 is 10.2 Å². The van der Waals surface area contributed by atoms with Gasteiger partial charge in [-0.3, -0.25) is 0 Å². The van der Waals surface area contributed by atoms with Gasteiger partial charge in [0.15, 0.2) is 11.5 Å². The Morgan fingerprint density at radius 3 is 2.11 bits per heavy atom. The molecule has 0 atom stereocenters. The molecule has 1 saturated heterocycles. The van der Waals surface area contributed by atoms with E-state index in [2.05, 4.69) is 0 Å². The molecule has 4 nitrogen and oxygen atoms in total. The van der Waals surface area contributed by atoms with Gasteiger partial charge in [0.05, 0.1) is 18.3 Å². The average Bonchev–Trinajstić information content (AvgIpc) is 2.52. The molecule has 1 N–H and O–H groups in total. The normalized spacial score (nSPS) is 20.6. The van der Waals surface area contributed by atoms with E-state index in [4.69, 9.17) is 14.0 Å². The number of hydrogen-bond donors (Lipinski definition) is 1. The summed E-state index contributed by atoms with van der Waals surface area (Å²) in [7, 11) is 1.08.